The molecule has 5 aromatic carbocycles. The van der Waals surface area contributed by atoms with Crippen LogP contribution in [0.15, 0.2) is 115 Å². The van der Waals surface area contributed by atoms with Crippen molar-refractivity contribution in [1.29, 1.82) is 0 Å². The molecule has 0 saturated carbocycles. The average Bonchev–Trinajstić information content (AvgIpc) is 3.01. The van der Waals surface area contributed by atoms with Gasteiger partial charge in [0.1, 0.15) is 0 Å². The molecule has 0 unspecified atom stereocenters. The zero-order chi connectivity index (χ0) is 28.8. The van der Waals surface area contributed by atoms with Gasteiger partial charge < -0.3 is 9.47 Å². The van der Waals surface area contributed by atoms with Gasteiger partial charge in [-0.2, -0.15) is 0 Å². The van der Waals surface area contributed by atoms with E-state index in [0.29, 0.717) is 32.8 Å². The maximum Gasteiger partial charge on any atom is 0.338 e. The van der Waals surface area contributed by atoms with Crippen molar-refractivity contribution in [2.24, 2.45) is 0 Å². The first-order valence-corrected chi connectivity index (χ1v) is 13.9. The van der Waals surface area contributed by atoms with Crippen LogP contribution in [0.5, 0.6) is 0 Å². The lowest BCUT2D eigenvalue weighted by molar-refractivity contribution is 0.0513. The van der Waals surface area contributed by atoms with E-state index in [9.17, 15) is 9.59 Å². The van der Waals surface area contributed by atoms with Gasteiger partial charge in [0.05, 0.1) is 24.3 Å². The Morgan fingerprint density at radius 3 is 1.46 bits per heavy atom. The van der Waals surface area contributed by atoms with Crippen molar-refractivity contribution in [2.45, 2.75) is 13.8 Å². The number of ether oxygens (including phenoxy) is 2. The Morgan fingerprint density at radius 1 is 0.512 bits per heavy atom. The normalized spacial score (nSPS) is 10.7. The summed E-state index contributed by atoms with van der Waals surface area (Å²) in [6, 6.07) is 36.9. The molecule has 0 atom stereocenters. The predicted octanol–water partition coefficient (Wildman–Crippen LogP) is 9.36. The topological polar surface area (TPSA) is 52.6 Å². The molecule has 0 amide bonds. The molecule has 4 nitrogen and oxygen atoms in total. The smallest absolute Gasteiger partial charge is 0.338 e. The molecule has 0 spiro atoms. The van der Waals surface area contributed by atoms with Crippen LogP contribution in [0.1, 0.15) is 34.6 Å². The van der Waals surface area contributed by atoms with Gasteiger partial charge in [-0.3, -0.25) is 0 Å². The van der Waals surface area contributed by atoms with E-state index in [1.807, 2.05) is 91.0 Å². The molecular formula is C36H29ClO4. The monoisotopic (exact) mass is 560 g/mol. The number of benzene rings is 5. The number of carbonyl (C=O) groups excluding carboxylic acids is 2. The van der Waals surface area contributed by atoms with Crippen molar-refractivity contribution in [3.63, 3.8) is 0 Å². The van der Waals surface area contributed by atoms with Crippen LogP contribution in [0.2, 0.25) is 5.02 Å². The van der Waals surface area contributed by atoms with Crippen LogP contribution >= 0.6 is 11.6 Å². The molecular weight excluding hydrogens is 532 g/mol. The fourth-order valence-electron chi connectivity index (χ4n) is 4.87. The zero-order valence-electron chi connectivity index (χ0n) is 22.9. The number of halogens is 1. The van der Waals surface area contributed by atoms with Crippen LogP contribution in [-0.4, -0.2) is 25.2 Å². The molecule has 0 saturated heterocycles. The standard InChI is InChI=1S/C36H29ClO4/c1-3-40-35(38)32-23-31(29-17-11-12-18-34(29)37)33(36(39)41-4-2)22-30(32)28-20-26(24-13-7-5-8-14-24)19-27(21-28)25-15-9-6-10-16-25/h5-23H,3-4H2,1-2H3. The Balaban J connectivity index is 1.82. The van der Waals surface area contributed by atoms with E-state index in [1.165, 1.54) is 0 Å². The maximum absolute atomic E-state index is 13.5. The van der Waals surface area contributed by atoms with Crippen LogP contribution in [0.25, 0.3) is 44.5 Å². The first-order valence-electron chi connectivity index (χ1n) is 13.5. The summed E-state index contributed by atoms with van der Waals surface area (Å²) in [7, 11) is 0. The number of carbonyl (C=O) groups is 2. The van der Waals surface area contributed by atoms with Gasteiger partial charge >= 0.3 is 11.9 Å². The van der Waals surface area contributed by atoms with Crippen molar-refractivity contribution in [1.82, 2.24) is 0 Å². The molecule has 0 N–H and O–H groups in total. The van der Waals surface area contributed by atoms with Crippen LogP contribution in [0.3, 0.4) is 0 Å². The van der Waals surface area contributed by atoms with Gasteiger partial charge in [0, 0.05) is 10.6 Å². The molecule has 5 aromatic rings. The summed E-state index contributed by atoms with van der Waals surface area (Å²) in [5, 5.41) is 0.457. The van der Waals surface area contributed by atoms with E-state index in [0.717, 1.165) is 27.8 Å². The van der Waals surface area contributed by atoms with Crippen molar-refractivity contribution < 1.29 is 19.1 Å². The first-order chi connectivity index (χ1) is 20.0. The highest BCUT2D eigenvalue weighted by Crippen LogP contribution is 2.39. The fourth-order valence-corrected chi connectivity index (χ4v) is 5.11. The first kappa shape index (κ1) is 27.9. The lowest BCUT2D eigenvalue weighted by atomic mass is 9.88. The largest absolute Gasteiger partial charge is 0.462 e. The highest BCUT2D eigenvalue weighted by molar-refractivity contribution is 6.33. The van der Waals surface area contributed by atoms with E-state index in [-0.39, 0.29) is 13.2 Å². The molecule has 0 radical (unpaired) electrons. The summed E-state index contributed by atoms with van der Waals surface area (Å²) >= 11 is 6.57. The fraction of sp³-hybridized carbons (Fsp3) is 0.111. The summed E-state index contributed by atoms with van der Waals surface area (Å²) in [6.45, 7) is 3.94. The number of hydrogen-bond acceptors (Lipinski definition) is 4. The van der Waals surface area contributed by atoms with E-state index in [2.05, 4.69) is 6.07 Å². The Labute approximate surface area is 245 Å². The van der Waals surface area contributed by atoms with Gasteiger partial charge in [-0.25, -0.2) is 9.59 Å². The molecule has 5 heteroatoms. The second kappa shape index (κ2) is 12.7. The minimum Gasteiger partial charge on any atom is -0.462 e. The van der Waals surface area contributed by atoms with Crippen LogP contribution in [0, 0.1) is 0 Å². The Hall–Kier alpha value is -4.67. The van der Waals surface area contributed by atoms with Crippen LogP contribution in [-0.2, 0) is 9.47 Å². The van der Waals surface area contributed by atoms with E-state index >= 15 is 0 Å². The highest BCUT2D eigenvalue weighted by Gasteiger charge is 2.24. The lowest BCUT2D eigenvalue weighted by Gasteiger charge is -2.18. The van der Waals surface area contributed by atoms with Gasteiger partial charge in [-0.1, -0.05) is 90.5 Å². The third kappa shape index (κ3) is 6.08. The number of esters is 2. The summed E-state index contributed by atoms with van der Waals surface area (Å²) in [5.41, 5.74) is 7.12. The molecule has 204 valence electrons. The van der Waals surface area contributed by atoms with E-state index in [4.69, 9.17) is 21.1 Å². The van der Waals surface area contributed by atoms with Gasteiger partial charge in [0.25, 0.3) is 0 Å². The minimum absolute atomic E-state index is 0.206. The summed E-state index contributed by atoms with van der Waals surface area (Å²) < 4.78 is 11.0. The Bertz CT molecular complexity index is 1640. The molecule has 0 bridgehead atoms. The van der Waals surface area contributed by atoms with Crippen LogP contribution < -0.4 is 0 Å². The lowest BCUT2D eigenvalue weighted by Crippen LogP contribution is -2.12. The summed E-state index contributed by atoms with van der Waals surface area (Å²) in [6.07, 6.45) is 0. The molecule has 0 aromatic heterocycles. The summed E-state index contributed by atoms with van der Waals surface area (Å²) in [4.78, 5) is 26.8. The molecule has 0 fully saturated rings. The average molecular weight is 561 g/mol. The number of hydrogen-bond donors (Lipinski definition) is 0. The second-order valence-corrected chi connectivity index (χ2v) is 9.80. The van der Waals surface area contributed by atoms with Gasteiger partial charge in [0.15, 0.2) is 0 Å². The minimum atomic E-state index is -0.499. The molecule has 5 rings (SSSR count). The van der Waals surface area contributed by atoms with Crippen molar-refractivity contribution >= 4 is 23.5 Å². The molecule has 0 aliphatic rings. The van der Waals surface area contributed by atoms with Crippen LogP contribution in [0.4, 0.5) is 0 Å². The van der Waals surface area contributed by atoms with E-state index in [1.54, 1.807) is 32.0 Å². The van der Waals surface area contributed by atoms with Crippen molar-refractivity contribution in [3.05, 3.63) is 131 Å². The molecule has 0 aliphatic heterocycles. The second-order valence-electron chi connectivity index (χ2n) is 9.40. The van der Waals surface area contributed by atoms with Gasteiger partial charge in [0.2, 0.25) is 0 Å². The van der Waals surface area contributed by atoms with Crippen molar-refractivity contribution in [2.75, 3.05) is 13.2 Å². The highest BCUT2D eigenvalue weighted by atomic mass is 35.5. The Morgan fingerprint density at radius 2 is 0.951 bits per heavy atom. The molecule has 41 heavy (non-hydrogen) atoms. The van der Waals surface area contributed by atoms with E-state index < -0.39 is 11.9 Å². The quantitative estimate of drug-likeness (QED) is 0.177. The van der Waals surface area contributed by atoms with Gasteiger partial charge in [-0.05, 0) is 89.2 Å². The summed E-state index contributed by atoms with van der Waals surface area (Å²) in [5.74, 6) is -0.987. The molecule has 0 heterocycles. The molecule has 0 aliphatic carbocycles. The SMILES string of the molecule is CCOC(=O)c1cc(-c2ccccc2Cl)c(C(=O)OCC)cc1-c1cc(-c2ccccc2)cc(-c2ccccc2)c1. The third-order valence-corrected chi connectivity index (χ3v) is 7.10. The zero-order valence-corrected chi connectivity index (χ0v) is 23.7. The Kier molecular flexibility index (Phi) is 8.61. The number of rotatable bonds is 8. The predicted molar refractivity (Wildman–Crippen MR) is 165 cm³/mol. The van der Waals surface area contributed by atoms with Crippen molar-refractivity contribution in [3.8, 4) is 44.5 Å². The van der Waals surface area contributed by atoms with Gasteiger partial charge in [-0.15, -0.1) is 0 Å². The maximum atomic E-state index is 13.5. The third-order valence-electron chi connectivity index (χ3n) is 6.77.